The molecule has 0 radical (unpaired) electrons. The van der Waals surface area contributed by atoms with Gasteiger partial charge in [0, 0.05) is 37.0 Å². The molecule has 3 fully saturated rings. The van der Waals surface area contributed by atoms with E-state index in [1.54, 1.807) is 0 Å². The van der Waals surface area contributed by atoms with E-state index in [0.29, 0.717) is 5.54 Å². The van der Waals surface area contributed by atoms with Crippen LogP contribution in [0.1, 0.15) is 32.6 Å². The van der Waals surface area contributed by atoms with Crippen molar-refractivity contribution in [3.8, 4) is 0 Å². The van der Waals surface area contributed by atoms with Crippen LogP contribution in [0.15, 0.2) is 0 Å². The van der Waals surface area contributed by atoms with Gasteiger partial charge in [0.15, 0.2) is 0 Å². The number of piperazine rings is 1. The molecule has 2 unspecified atom stereocenters. The van der Waals surface area contributed by atoms with Crippen molar-refractivity contribution >= 4 is 11.8 Å². The van der Waals surface area contributed by atoms with E-state index < -0.39 is 0 Å². The zero-order valence-corrected chi connectivity index (χ0v) is 12.1. The summed E-state index contributed by atoms with van der Waals surface area (Å²) in [5.41, 5.74) is 0.459. The van der Waals surface area contributed by atoms with Gasteiger partial charge in [-0.3, -0.25) is 4.90 Å². The average molecular weight is 254 g/mol. The van der Waals surface area contributed by atoms with Crippen LogP contribution in [0.25, 0.3) is 0 Å². The summed E-state index contributed by atoms with van der Waals surface area (Å²) in [7, 11) is 0. The van der Waals surface area contributed by atoms with Crippen molar-refractivity contribution < 1.29 is 0 Å². The lowest BCUT2D eigenvalue weighted by molar-refractivity contribution is 0.0364. The number of nitrogens with zero attached hydrogens (tertiary/aromatic N) is 1. The smallest absolute Gasteiger partial charge is 0.0335 e. The first kappa shape index (κ1) is 12.3. The topological polar surface area (TPSA) is 15.3 Å². The Kier molecular flexibility index (Phi) is 3.44. The van der Waals surface area contributed by atoms with Gasteiger partial charge in [0.2, 0.25) is 0 Å². The zero-order chi connectivity index (χ0) is 11.9. The molecule has 0 aromatic carbocycles. The molecule has 3 heteroatoms. The van der Waals surface area contributed by atoms with Gasteiger partial charge in [0.05, 0.1) is 0 Å². The lowest BCUT2D eigenvalue weighted by Gasteiger charge is -2.49. The summed E-state index contributed by atoms with van der Waals surface area (Å²) < 4.78 is 0. The van der Waals surface area contributed by atoms with Gasteiger partial charge < -0.3 is 5.32 Å². The number of rotatable bonds is 5. The minimum absolute atomic E-state index is 0.459. The predicted octanol–water partition coefficient (Wildman–Crippen LogP) is 2.20. The molecule has 2 atom stereocenters. The molecular formula is C14H26N2S. The van der Waals surface area contributed by atoms with E-state index in [2.05, 4.69) is 23.4 Å². The van der Waals surface area contributed by atoms with Crippen molar-refractivity contribution in [1.82, 2.24) is 10.2 Å². The molecule has 2 aliphatic carbocycles. The molecule has 1 saturated heterocycles. The molecule has 0 spiro atoms. The SMILES string of the molecule is CSCCN1CC(C2CC2)NCC1(C)C1CC1. The normalized spacial score (nSPS) is 39.5. The Morgan fingerprint density at radius 2 is 2.06 bits per heavy atom. The highest BCUT2D eigenvalue weighted by molar-refractivity contribution is 7.98. The van der Waals surface area contributed by atoms with Gasteiger partial charge >= 0.3 is 0 Å². The van der Waals surface area contributed by atoms with Gasteiger partial charge in [-0.05, 0) is 50.7 Å². The van der Waals surface area contributed by atoms with Crippen molar-refractivity contribution in [2.24, 2.45) is 11.8 Å². The third kappa shape index (κ3) is 2.52. The second-order valence-corrected chi connectivity index (χ2v) is 7.38. The summed E-state index contributed by atoms with van der Waals surface area (Å²) in [4.78, 5) is 2.82. The molecule has 98 valence electrons. The van der Waals surface area contributed by atoms with E-state index in [9.17, 15) is 0 Å². The highest BCUT2D eigenvalue weighted by Crippen LogP contribution is 2.45. The van der Waals surface area contributed by atoms with Crippen LogP contribution in [0, 0.1) is 11.8 Å². The van der Waals surface area contributed by atoms with Gasteiger partial charge in [-0.15, -0.1) is 0 Å². The molecule has 3 aliphatic rings. The summed E-state index contributed by atoms with van der Waals surface area (Å²) in [5, 5.41) is 3.85. The van der Waals surface area contributed by atoms with E-state index in [1.165, 1.54) is 51.1 Å². The minimum atomic E-state index is 0.459. The molecule has 0 amide bonds. The van der Waals surface area contributed by atoms with Crippen molar-refractivity contribution in [3.63, 3.8) is 0 Å². The van der Waals surface area contributed by atoms with Crippen molar-refractivity contribution in [3.05, 3.63) is 0 Å². The Hall–Kier alpha value is 0.270. The summed E-state index contributed by atoms with van der Waals surface area (Å²) in [6.07, 6.45) is 8.08. The largest absolute Gasteiger partial charge is 0.311 e. The van der Waals surface area contributed by atoms with Crippen LogP contribution in [0.4, 0.5) is 0 Å². The summed E-state index contributed by atoms with van der Waals surface area (Å²) in [6.45, 7) is 6.33. The maximum Gasteiger partial charge on any atom is 0.0335 e. The van der Waals surface area contributed by atoms with E-state index >= 15 is 0 Å². The Labute approximate surface area is 110 Å². The van der Waals surface area contributed by atoms with E-state index in [0.717, 1.165) is 17.9 Å². The molecular weight excluding hydrogens is 228 g/mol. The van der Waals surface area contributed by atoms with E-state index in [1.807, 2.05) is 11.8 Å². The summed E-state index contributed by atoms with van der Waals surface area (Å²) in [5.74, 6) is 3.26. The van der Waals surface area contributed by atoms with Crippen LogP contribution in [0.3, 0.4) is 0 Å². The van der Waals surface area contributed by atoms with Gasteiger partial charge in [-0.2, -0.15) is 11.8 Å². The maximum absolute atomic E-state index is 3.85. The minimum Gasteiger partial charge on any atom is -0.311 e. The van der Waals surface area contributed by atoms with Gasteiger partial charge in [-0.1, -0.05) is 0 Å². The highest BCUT2D eigenvalue weighted by Gasteiger charge is 2.49. The Morgan fingerprint density at radius 1 is 1.29 bits per heavy atom. The number of hydrogen-bond donors (Lipinski definition) is 1. The molecule has 2 nitrogen and oxygen atoms in total. The van der Waals surface area contributed by atoms with Crippen LogP contribution in [-0.4, -0.2) is 48.1 Å². The molecule has 0 bridgehead atoms. The number of hydrogen-bond acceptors (Lipinski definition) is 3. The van der Waals surface area contributed by atoms with Crippen molar-refractivity contribution in [2.45, 2.75) is 44.2 Å². The van der Waals surface area contributed by atoms with Gasteiger partial charge in [0.25, 0.3) is 0 Å². The molecule has 0 aromatic heterocycles. The Balaban J connectivity index is 1.65. The molecule has 2 saturated carbocycles. The predicted molar refractivity (Wildman–Crippen MR) is 75.6 cm³/mol. The second kappa shape index (κ2) is 4.75. The van der Waals surface area contributed by atoms with Crippen LogP contribution in [-0.2, 0) is 0 Å². The number of thioether (sulfide) groups is 1. The first-order chi connectivity index (χ1) is 8.24. The fourth-order valence-electron chi connectivity index (χ4n) is 3.43. The lowest BCUT2D eigenvalue weighted by Crippen LogP contribution is -2.65. The van der Waals surface area contributed by atoms with Gasteiger partial charge in [0.1, 0.15) is 0 Å². The second-order valence-electron chi connectivity index (χ2n) is 6.40. The fraction of sp³-hybridized carbons (Fsp3) is 1.00. The molecule has 17 heavy (non-hydrogen) atoms. The van der Waals surface area contributed by atoms with Crippen LogP contribution < -0.4 is 5.32 Å². The molecule has 1 N–H and O–H groups in total. The molecule has 3 rings (SSSR count). The van der Waals surface area contributed by atoms with Crippen molar-refractivity contribution in [1.29, 1.82) is 0 Å². The zero-order valence-electron chi connectivity index (χ0n) is 11.2. The first-order valence-electron chi connectivity index (χ1n) is 7.21. The lowest BCUT2D eigenvalue weighted by atomic mass is 9.89. The maximum atomic E-state index is 3.85. The highest BCUT2D eigenvalue weighted by atomic mass is 32.2. The molecule has 1 heterocycles. The van der Waals surface area contributed by atoms with Crippen LogP contribution in [0.5, 0.6) is 0 Å². The third-order valence-electron chi connectivity index (χ3n) is 5.07. The van der Waals surface area contributed by atoms with Crippen LogP contribution in [0.2, 0.25) is 0 Å². The first-order valence-corrected chi connectivity index (χ1v) is 8.61. The van der Waals surface area contributed by atoms with E-state index in [-0.39, 0.29) is 0 Å². The Bertz CT molecular complexity index is 275. The third-order valence-corrected chi connectivity index (χ3v) is 5.67. The fourth-order valence-corrected chi connectivity index (χ4v) is 3.83. The quantitative estimate of drug-likeness (QED) is 0.810. The number of nitrogens with one attached hydrogen (secondary N) is 1. The van der Waals surface area contributed by atoms with Gasteiger partial charge in [-0.25, -0.2) is 0 Å². The monoisotopic (exact) mass is 254 g/mol. The molecule has 0 aromatic rings. The summed E-state index contributed by atoms with van der Waals surface area (Å²) >= 11 is 1.99. The summed E-state index contributed by atoms with van der Waals surface area (Å²) in [6, 6.07) is 0.795. The molecule has 1 aliphatic heterocycles. The van der Waals surface area contributed by atoms with Crippen LogP contribution >= 0.6 is 11.8 Å². The Morgan fingerprint density at radius 3 is 2.65 bits per heavy atom. The van der Waals surface area contributed by atoms with E-state index in [4.69, 9.17) is 0 Å². The standard InChI is InChI=1S/C14H26N2S/c1-14(12-5-6-12)10-15-13(11-3-4-11)9-16(14)7-8-17-2/h11-13,15H,3-10H2,1-2H3. The average Bonchev–Trinajstić information content (AvgIpc) is 3.20. The van der Waals surface area contributed by atoms with Crippen molar-refractivity contribution in [2.75, 3.05) is 31.6 Å².